The molecule has 2 nitrogen and oxygen atoms in total. The monoisotopic (exact) mass is 283 g/mol. The Bertz CT molecular complexity index is 586. The molecule has 0 bridgehead atoms. The van der Waals surface area contributed by atoms with Gasteiger partial charge in [0.2, 0.25) is 0 Å². The van der Waals surface area contributed by atoms with Gasteiger partial charge in [-0.1, -0.05) is 49.4 Å². The van der Waals surface area contributed by atoms with Crippen molar-refractivity contribution in [3.05, 3.63) is 48.0 Å². The molecule has 112 valence electrons. The van der Waals surface area contributed by atoms with Crippen LogP contribution in [-0.2, 0) is 4.74 Å². The highest BCUT2D eigenvalue weighted by molar-refractivity contribution is 5.86. The zero-order valence-corrected chi connectivity index (χ0v) is 13.0. The van der Waals surface area contributed by atoms with E-state index in [1.54, 1.807) is 0 Å². The predicted octanol–water partition coefficient (Wildman–Crippen LogP) is 4.31. The molecule has 1 fully saturated rings. The van der Waals surface area contributed by atoms with E-state index in [2.05, 4.69) is 54.7 Å². The molecular formula is C19H25NO. The molecule has 0 heterocycles. The summed E-state index contributed by atoms with van der Waals surface area (Å²) in [7, 11) is 1.86. The molecule has 3 rings (SSSR count). The van der Waals surface area contributed by atoms with Crippen molar-refractivity contribution in [2.24, 2.45) is 5.92 Å². The van der Waals surface area contributed by atoms with Gasteiger partial charge in [0.15, 0.2) is 0 Å². The van der Waals surface area contributed by atoms with Crippen LogP contribution in [0.3, 0.4) is 0 Å². The molecule has 2 atom stereocenters. The molecule has 1 N–H and O–H groups in total. The summed E-state index contributed by atoms with van der Waals surface area (Å²) in [5, 5.41) is 6.38. The molecule has 0 aliphatic heterocycles. The molecule has 1 aliphatic rings. The number of fused-ring (bicyclic) bond motifs is 1. The van der Waals surface area contributed by atoms with Crippen molar-refractivity contribution in [1.29, 1.82) is 0 Å². The van der Waals surface area contributed by atoms with Gasteiger partial charge in [0.05, 0.1) is 12.1 Å². The molecule has 2 heteroatoms. The van der Waals surface area contributed by atoms with Crippen LogP contribution in [0.25, 0.3) is 10.8 Å². The lowest BCUT2D eigenvalue weighted by Gasteiger charge is -2.28. The lowest BCUT2D eigenvalue weighted by Crippen LogP contribution is -2.35. The largest absolute Gasteiger partial charge is 0.379 e. The second-order valence-electron chi connectivity index (χ2n) is 6.04. The Hall–Kier alpha value is -1.38. The summed E-state index contributed by atoms with van der Waals surface area (Å²) in [6, 6.07) is 15.5. The van der Waals surface area contributed by atoms with Gasteiger partial charge in [-0.3, -0.25) is 0 Å². The van der Waals surface area contributed by atoms with Gasteiger partial charge in [0.1, 0.15) is 0 Å². The number of nitrogens with one attached hydrogen (secondary N) is 1. The Morgan fingerprint density at radius 2 is 1.90 bits per heavy atom. The van der Waals surface area contributed by atoms with Crippen molar-refractivity contribution in [3.63, 3.8) is 0 Å². The number of hydrogen-bond acceptors (Lipinski definition) is 2. The Morgan fingerprint density at radius 3 is 2.62 bits per heavy atom. The van der Waals surface area contributed by atoms with Crippen LogP contribution in [0.5, 0.6) is 0 Å². The molecular weight excluding hydrogens is 258 g/mol. The minimum atomic E-state index is 0.280. The van der Waals surface area contributed by atoms with Crippen molar-refractivity contribution >= 4 is 10.8 Å². The summed E-state index contributed by atoms with van der Waals surface area (Å²) < 4.78 is 5.87. The summed E-state index contributed by atoms with van der Waals surface area (Å²) in [4.78, 5) is 0. The summed E-state index contributed by atoms with van der Waals surface area (Å²) in [5.74, 6) is 0.711. The molecule has 2 aromatic carbocycles. The maximum absolute atomic E-state index is 5.87. The maximum Gasteiger partial charge on any atom is 0.0794 e. The van der Waals surface area contributed by atoms with E-state index in [-0.39, 0.29) is 12.1 Å². The first kappa shape index (κ1) is 14.6. The molecule has 0 aromatic heterocycles. The molecule has 1 saturated carbocycles. The van der Waals surface area contributed by atoms with Crippen LogP contribution in [-0.4, -0.2) is 19.8 Å². The van der Waals surface area contributed by atoms with Crippen molar-refractivity contribution in [3.8, 4) is 0 Å². The average Bonchev–Trinajstić information content (AvgIpc) is 3.36. The molecule has 0 radical (unpaired) electrons. The Balaban J connectivity index is 2.00. The Morgan fingerprint density at radius 1 is 1.14 bits per heavy atom. The van der Waals surface area contributed by atoms with E-state index in [0.717, 1.165) is 13.0 Å². The SMILES string of the molecule is CCCNC(c1cccc2ccccc12)C(OC)C1CC1. The van der Waals surface area contributed by atoms with E-state index >= 15 is 0 Å². The summed E-state index contributed by atoms with van der Waals surface area (Å²) in [6.45, 7) is 3.24. The van der Waals surface area contributed by atoms with Crippen molar-refractivity contribution in [2.75, 3.05) is 13.7 Å². The molecule has 0 saturated heterocycles. The number of ether oxygens (including phenoxy) is 1. The van der Waals surface area contributed by atoms with Gasteiger partial charge in [-0.05, 0) is 48.1 Å². The zero-order valence-electron chi connectivity index (χ0n) is 13.0. The van der Waals surface area contributed by atoms with Crippen LogP contribution in [0.1, 0.15) is 37.8 Å². The van der Waals surface area contributed by atoms with Gasteiger partial charge in [-0.25, -0.2) is 0 Å². The van der Waals surface area contributed by atoms with Crippen LogP contribution in [0.2, 0.25) is 0 Å². The molecule has 2 unspecified atom stereocenters. The summed E-state index contributed by atoms with van der Waals surface area (Å²) >= 11 is 0. The zero-order chi connectivity index (χ0) is 14.7. The van der Waals surface area contributed by atoms with E-state index in [0.29, 0.717) is 5.92 Å². The molecule has 0 amide bonds. The highest BCUT2D eigenvalue weighted by Crippen LogP contribution is 2.41. The topological polar surface area (TPSA) is 21.3 Å². The molecule has 2 aromatic rings. The predicted molar refractivity (Wildman–Crippen MR) is 88.5 cm³/mol. The highest BCUT2D eigenvalue weighted by atomic mass is 16.5. The summed E-state index contributed by atoms with van der Waals surface area (Å²) in [5.41, 5.74) is 1.38. The molecule has 0 spiro atoms. The standard InChI is InChI=1S/C19H25NO/c1-3-13-20-18(19(21-2)15-11-12-15)17-10-6-8-14-7-4-5-9-16(14)17/h4-10,15,18-20H,3,11-13H2,1-2H3. The van der Waals surface area contributed by atoms with E-state index in [1.165, 1.54) is 29.2 Å². The number of rotatable bonds is 7. The van der Waals surface area contributed by atoms with Crippen LogP contribution >= 0.6 is 0 Å². The van der Waals surface area contributed by atoms with Gasteiger partial charge >= 0.3 is 0 Å². The minimum absolute atomic E-state index is 0.280. The van der Waals surface area contributed by atoms with Crippen molar-refractivity contribution in [1.82, 2.24) is 5.32 Å². The van der Waals surface area contributed by atoms with Crippen molar-refractivity contribution in [2.45, 2.75) is 38.3 Å². The number of methoxy groups -OCH3 is 1. The first-order valence-corrected chi connectivity index (χ1v) is 8.09. The summed E-state index contributed by atoms with van der Waals surface area (Å²) in [6.07, 6.45) is 4.02. The van der Waals surface area contributed by atoms with Gasteiger partial charge in [-0.2, -0.15) is 0 Å². The third-order valence-electron chi connectivity index (χ3n) is 4.46. The fraction of sp³-hybridized carbons (Fsp3) is 0.474. The van der Waals surface area contributed by atoms with Gasteiger partial charge < -0.3 is 10.1 Å². The quantitative estimate of drug-likeness (QED) is 0.817. The van der Waals surface area contributed by atoms with Gasteiger partial charge in [0, 0.05) is 7.11 Å². The van der Waals surface area contributed by atoms with Crippen LogP contribution in [0.15, 0.2) is 42.5 Å². The Labute approximate surface area is 127 Å². The minimum Gasteiger partial charge on any atom is -0.379 e. The van der Waals surface area contributed by atoms with E-state index in [1.807, 2.05) is 7.11 Å². The average molecular weight is 283 g/mol. The second kappa shape index (κ2) is 6.59. The van der Waals surface area contributed by atoms with Crippen LogP contribution in [0, 0.1) is 5.92 Å². The first-order valence-electron chi connectivity index (χ1n) is 8.09. The fourth-order valence-electron chi connectivity index (χ4n) is 3.25. The maximum atomic E-state index is 5.87. The first-order chi connectivity index (χ1) is 10.3. The molecule has 1 aliphatic carbocycles. The van der Waals surface area contributed by atoms with Crippen LogP contribution < -0.4 is 5.32 Å². The van der Waals surface area contributed by atoms with Gasteiger partial charge in [-0.15, -0.1) is 0 Å². The fourth-order valence-corrected chi connectivity index (χ4v) is 3.25. The van der Waals surface area contributed by atoms with Gasteiger partial charge in [0.25, 0.3) is 0 Å². The van der Waals surface area contributed by atoms with Crippen molar-refractivity contribution < 1.29 is 4.74 Å². The molecule has 21 heavy (non-hydrogen) atoms. The number of benzene rings is 2. The van der Waals surface area contributed by atoms with E-state index < -0.39 is 0 Å². The number of hydrogen-bond donors (Lipinski definition) is 1. The van der Waals surface area contributed by atoms with E-state index in [9.17, 15) is 0 Å². The van der Waals surface area contributed by atoms with Crippen LogP contribution in [0.4, 0.5) is 0 Å². The third-order valence-corrected chi connectivity index (χ3v) is 4.46. The third kappa shape index (κ3) is 3.12. The highest BCUT2D eigenvalue weighted by Gasteiger charge is 2.37. The lowest BCUT2D eigenvalue weighted by molar-refractivity contribution is 0.0511. The lowest BCUT2D eigenvalue weighted by atomic mass is 9.93. The second-order valence-corrected chi connectivity index (χ2v) is 6.04. The van der Waals surface area contributed by atoms with E-state index in [4.69, 9.17) is 4.74 Å². The Kier molecular flexibility index (Phi) is 4.57. The smallest absolute Gasteiger partial charge is 0.0794 e. The normalized spacial score (nSPS) is 17.8.